The largest absolute Gasteiger partial charge is 0.497 e. The highest BCUT2D eigenvalue weighted by Crippen LogP contribution is 2.27. The average molecular weight is 436 g/mol. The first-order valence-corrected chi connectivity index (χ1v) is 10.9. The van der Waals surface area contributed by atoms with Crippen LogP contribution in [-0.4, -0.2) is 65.2 Å². The van der Waals surface area contributed by atoms with Crippen LogP contribution in [-0.2, 0) is 4.79 Å². The van der Waals surface area contributed by atoms with Crippen molar-refractivity contribution in [1.29, 1.82) is 0 Å². The third kappa shape index (κ3) is 5.59. The lowest BCUT2D eigenvalue weighted by atomic mass is 10.0. The number of aromatic nitrogens is 2. The molecule has 4 rings (SSSR count). The first kappa shape index (κ1) is 22.1. The van der Waals surface area contributed by atoms with Crippen LogP contribution >= 0.6 is 0 Å². The number of methoxy groups -OCH3 is 1. The number of carbonyl (C=O) groups is 1. The van der Waals surface area contributed by atoms with Gasteiger partial charge in [0.25, 0.3) is 0 Å². The minimum atomic E-state index is -0.610. The minimum Gasteiger partial charge on any atom is -0.497 e. The normalized spacial score (nSPS) is 16.1. The number of benzene rings is 1. The van der Waals surface area contributed by atoms with E-state index < -0.39 is 6.10 Å². The van der Waals surface area contributed by atoms with Crippen molar-refractivity contribution in [3.63, 3.8) is 0 Å². The molecule has 1 amide bonds. The summed E-state index contributed by atoms with van der Waals surface area (Å²) in [5.74, 6) is 1.21. The van der Waals surface area contributed by atoms with Gasteiger partial charge in [-0.15, -0.1) is 0 Å². The number of anilines is 1. The number of carbonyl (C=O) groups excluding carboxylic acids is 1. The average Bonchev–Trinajstić information content (AvgIpc) is 2.83. The van der Waals surface area contributed by atoms with Crippen LogP contribution in [0.2, 0.25) is 0 Å². The molecule has 3 N–H and O–H groups in total. The zero-order chi connectivity index (χ0) is 22.3. The van der Waals surface area contributed by atoms with Crippen LogP contribution in [0.25, 0.3) is 10.9 Å². The number of nitrogens with one attached hydrogen (secondary N) is 2. The quantitative estimate of drug-likeness (QED) is 0.499. The Labute approximate surface area is 187 Å². The summed E-state index contributed by atoms with van der Waals surface area (Å²) in [7, 11) is 1.63. The summed E-state index contributed by atoms with van der Waals surface area (Å²) in [6, 6.07) is 13.3. The van der Waals surface area contributed by atoms with Gasteiger partial charge in [-0.2, -0.15) is 0 Å². The number of amides is 1. The van der Waals surface area contributed by atoms with Gasteiger partial charge in [0.2, 0.25) is 5.91 Å². The lowest BCUT2D eigenvalue weighted by Crippen LogP contribution is -2.45. The number of likely N-dealkylation sites (tertiary alicyclic amines) is 1. The van der Waals surface area contributed by atoms with E-state index in [-0.39, 0.29) is 18.5 Å². The fourth-order valence-corrected chi connectivity index (χ4v) is 4.09. The third-order valence-electron chi connectivity index (χ3n) is 5.84. The van der Waals surface area contributed by atoms with Crippen molar-refractivity contribution >= 4 is 22.6 Å². The van der Waals surface area contributed by atoms with Gasteiger partial charge in [-0.1, -0.05) is 6.07 Å². The number of aliphatic hydroxyl groups is 1. The smallest absolute Gasteiger partial charge is 0.239 e. The number of fused-ring (bicyclic) bond motifs is 1. The van der Waals surface area contributed by atoms with Crippen molar-refractivity contribution in [2.24, 2.45) is 0 Å². The first-order valence-electron chi connectivity index (χ1n) is 10.9. The van der Waals surface area contributed by atoms with Crippen molar-refractivity contribution in [3.8, 4) is 5.75 Å². The Morgan fingerprint density at radius 2 is 2.03 bits per heavy atom. The summed E-state index contributed by atoms with van der Waals surface area (Å²) in [6.45, 7) is 2.55. The molecule has 1 aliphatic heterocycles. The Morgan fingerprint density at radius 1 is 1.19 bits per heavy atom. The Bertz CT molecular complexity index is 1040. The Kier molecular flexibility index (Phi) is 7.26. The van der Waals surface area contributed by atoms with Gasteiger partial charge in [-0.05, 0) is 67.9 Å². The highest BCUT2D eigenvalue weighted by molar-refractivity contribution is 5.91. The standard InChI is InChI=1S/C24H29N5O3/c1-32-18-5-6-21-20(14-18)19(7-11-25-21)22(30)16-29-12-8-17(9-13-29)27-15-24(31)28-23-4-2-3-10-26-23/h2-7,10-11,14,17,22,27,30H,8-9,12-13,15-16H2,1H3,(H,26,28,31)/t22-/m0/s1. The van der Waals surface area contributed by atoms with Crippen LogP contribution in [0.15, 0.2) is 54.9 Å². The van der Waals surface area contributed by atoms with Gasteiger partial charge in [0.1, 0.15) is 11.6 Å². The van der Waals surface area contributed by atoms with Crippen molar-refractivity contribution in [2.45, 2.75) is 25.0 Å². The summed E-state index contributed by atoms with van der Waals surface area (Å²) < 4.78 is 5.33. The number of rotatable bonds is 8. The second-order valence-electron chi connectivity index (χ2n) is 8.02. The lowest BCUT2D eigenvalue weighted by Gasteiger charge is -2.33. The second-order valence-corrected chi connectivity index (χ2v) is 8.02. The molecule has 0 radical (unpaired) electrons. The summed E-state index contributed by atoms with van der Waals surface area (Å²) in [6.07, 6.45) is 4.63. The molecule has 1 aromatic carbocycles. The Hall–Kier alpha value is -3.07. The van der Waals surface area contributed by atoms with Crippen molar-refractivity contribution in [1.82, 2.24) is 20.2 Å². The summed E-state index contributed by atoms with van der Waals surface area (Å²) in [4.78, 5) is 22.9. The third-order valence-corrected chi connectivity index (χ3v) is 5.84. The monoisotopic (exact) mass is 435 g/mol. The van der Waals surface area contributed by atoms with Crippen LogP contribution in [0.5, 0.6) is 5.75 Å². The van der Waals surface area contributed by atoms with E-state index in [0.29, 0.717) is 12.4 Å². The number of piperidine rings is 1. The molecule has 1 aliphatic rings. The van der Waals surface area contributed by atoms with E-state index in [0.717, 1.165) is 48.1 Å². The molecule has 1 saturated heterocycles. The van der Waals surface area contributed by atoms with Crippen molar-refractivity contribution in [3.05, 3.63) is 60.4 Å². The first-order chi connectivity index (χ1) is 15.6. The van der Waals surface area contributed by atoms with Gasteiger partial charge in [0.15, 0.2) is 0 Å². The van der Waals surface area contributed by atoms with E-state index in [2.05, 4.69) is 25.5 Å². The summed E-state index contributed by atoms with van der Waals surface area (Å²) in [5, 5.41) is 18.0. The van der Waals surface area contributed by atoms with Crippen LogP contribution in [0.4, 0.5) is 5.82 Å². The Balaban J connectivity index is 1.26. The zero-order valence-corrected chi connectivity index (χ0v) is 18.2. The number of hydrogen-bond donors (Lipinski definition) is 3. The molecule has 0 aliphatic carbocycles. The van der Waals surface area contributed by atoms with Gasteiger partial charge in [0.05, 0.1) is 25.3 Å². The van der Waals surface area contributed by atoms with E-state index in [9.17, 15) is 9.90 Å². The van der Waals surface area contributed by atoms with E-state index in [1.54, 1.807) is 25.6 Å². The minimum absolute atomic E-state index is 0.0958. The topological polar surface area (TPSA) is 99.6 Å². The maximum Gasteiger partial charge on any atom is 0.239 e. The van der Waals surface area contributed by atoms with Crippen molar-refractivity contribution in [2.75, 3.05) is 38.6 Å². The fourth-order valence-electron chi connectivity index (χ4n) is 4.09. The molecule has 2 aromatic heterocycles. The number of nitrogens with zero attached hydrogens (tertiary/aromatic N) is 3. The van der Waals surface area contributed by atoms with Gasteiger partial charge in [-0.25, -0.2) is 4.98 Å². The van der Waals surface area contributed by atoms with Crippen LogP contribution in [0.1, 0.15) is 24.5 Å². The van der Waals surface area contributed by atoms with Crippen LogP contribution < -0.4 is 15.4 Å². The van der Waals surface area contributed by atoms with Gasteiger partial charge in [-0.3, -0.25) is 9.78 Å². The van der Waals surface area contributed by atoms with Gasteiger partial charge >= 0.3 is 0 Å². The molecule has 0 unspecified atom stereocenters. The molecule has 8 nitrogen and oxygen atoms in total. The van der Waals surface area contributed by atoms with Gasteiger partial charge < -0.3 is 25.4 Å². The number of β-amino-alcohol motifs (C(OH)–C–C–N with tert-alkyl or cyclic N) is 1. The van der Waals surface area contributed by atoms with E-state index >= 15 is 0 Å². The number of ether oxygens (including phenoxy) is 1. The highest BCUT2D eigenvalue weighted by Gasteiger charge is 2.23. The maximum atomic E-state index is 12.1. The fraction of sp³-hybridized carbons (Fsp3) is 0.375. The highest BCUT2D eigenvalue weighted by atomic mass is 16.5. The predicted molar refractivity (Wildman–Crippen MR) is 124 cm³/mol. The number of pyridine rings is 2. The lowest BCUT2D eigenvalue weighted by molar-refractivity contribution is -0.115. The van der Waals surface area contributed by atoms with Crippen LogP contribution in [0.3, 0.4) is 0 Å². The van der Waals surface area contributed by atoms with Crippen LogP contribution in [0, 0.1) is 0 Å². The predicted octanol–water partition coefficient (Wildman–Crippen LogP) is 2.36. The molecule has 0 bridgehead atoms. The number of hydrogen-bond acceptors (Lipinski definition) is 7. The zero-order valence-electron chi connectivity index (χ0n) is 18.2. The molecular weight excluding hydrogens is 406 g/mol. The molecule has 8 heteroatoms. The summed E-state index contributed by atoms with van der Waals surface area (Å²) >= 11 is 0. The summed E-state index contributed by atoms with van der Waals surface area (Å²) in [5.41, 5.74) is 1.70. The van der Waals surface area contributed by atoms with E-state index in [1.165, 1.54) is 0 Å². The molecular formula is C24H29N5O3. The SMILES string of the molecule is COc1ccc2nccc([C@@H](O)CN3CCC(NCC(=O)Nc4ccccn4)CC3)c2c1. The molecule has 1 atom stereocenters. The van der Waals surface area contributed by atoms with E-state index in [4.69, 9.17) is 4.74 Å². The number of aliphatic hydroxyl groups excluding tert-OH is 1. The molecule has 1 fully saturated rings. The molecule has 168 valence electrons. The second kappa shape index (κ2) is 10.5. The molecule has 0 spiro atoms. The molecule has 0 saturated carbocycles. The van der Waals surface area contributed by atoms with E-state index in [1.807, 2.05) is 36.4 Å². The Morgan fingerprint density at radius 3 is 2.78 bits per heavy atom. The maximum absolute atomic E-state index is 12.1. The molecule has 3 heterocycles. The molecule has 3 aromatic rings. The van der Waals surface area contributed by atoms with Gasteiger partial charge in [0, 0.05) is 30.4 Å². The molecule has 32 heavy (non-hydrogen) atoms. The van der Waals surface area contributed by atoms with Crippen molar-refractivity contribution < 1.29 is 14.6 Å².